The molecule has 3 aromatic carbocycles. The second kappa shape index (κ2) is 12.2. The molecule has 6 atom stereocenters. The van der Waals surface area contributed by atoms with Crippen LogP contribution in [-0.2, 0) is 25.7 Å². The zero-order chi connectivity index (χ0) is 35.1. The van der Waals surface area contributed by atoms with Gasteiger partial charge in [-0.15, -0.1) is 0 Å². The van der Waals surface area contributed by atoms with Gasteiger partial charge in [0.05, 0.1) is 33.9 Å². The molecule has 10 heteroatoms. The monoisotopic (exact) mass is 695 g/mol. The molecule has 5 aliphatic rings. The fraction of sp³-hybridized carbons (Fsp3) is 0.400. The smallest absolute Gasteiger partial charge is 0.241 e. The fourth-order valence-electron chi connectivity index (χ4n) is 9.71. The molecule has 0 spiro atoms. The van der Waals surface area contributed by atoms with Gasteiger partial charge in [0, 0.05) is 37.2 Å². The summed E-state index contributed by atoms with van der Waals surface area (Å²) < 4.78 is 14.2. The molecule has 3 aliphatic heterocycles. The molecule has 0 bridgehead atoms. The standard InChI is InChI=1S/C40H39ClFN3O5/c1-22-7-6-10-28(35(22)46)34-26-12-13-27-33(38(49)44(36(27)47)24-15-17-43(18-16-24)21-23-8-4-3-5-9-23)29(26)20-30-37(48)45(39(50)40(30,34)2)25-11-14-32(42)31(41)19-25/h3-12,14,19,24,27,29-30,33-34,46H,13,15-18,20-21H2,1-2H3. The van der Waals surface area contributed by atoms with E-state index in [0.717, 1.165) is 36.2 Å². The largest absolute Gasteiger partial charge is 0.507 e. The minimum absolute atomic E-state index is 0.0300. The average molecular weight is 696 g/mol. The maximum absolute atomic E-state index is 14.6. The highest BCUT2D eigenvalue weighted by Gasteiger charge is 2.68. The van der Waals surface area contributed by atoms with Gasteiger partial charge in [-0.05, 0) is 74.8 Å². The maximum Gasteiger partial charge on any atom is 0.241 e. The van der Waals surface area contributed by atoms with Crippen LogP contribution in [0.1, 0.15) is 55.2 Å². The van der Waals surface area contributed by atoms with Crippen LogP contribution in [-0.4, -0.2) is 57.7 Å². The lowest BCUT2D eigenvalue weighted by atomic mass is 9.51. The van der Waals surface area contributed by atoms with Crippen molar-refractivity contribution in [3.63, 3.8) is 0 Å². The number of likely N-dealkylation sites (tertiary alicyclic amines) is 2. The highest BCUT2D eigenvalue weighted by atomic mass is 35.5. The molecular formula is C40H39ClFN3O5. The van der Waals surface area contributed by atoms with Crippen molar-refractivity contribution >= 4 is 40.9 Å². The third-order valence-electron chi connectivity index (χ3n) is 12.2. The number of allylic oxidation sites excluding steroid dienone is 2. The van der Waals surface area contributed by atoms with Gasteiger partial charge in [-0.1, -0.05) is 71.8 Å². The minimum Gasteiger partial charge on any atom is -0.507 e. The van der Waals surface area contributed by atoms with Gasteiger partial charge in [0.15, 0.2) is 0 Å². The molecule has 2 aliphatic carbocycles. The molecule has 1 N–H and O–H groups in total. The second-order valence-corrected chi connectivity index (χ2v) is 15.2. The lowest BCUT2D eigenvalue weighted by Gasteiger charge is -2.49. The summed E-state index contributed by atoms with van der Waals surface area (Å²) >= 11 is 6.11. The number of benzene rings is 3. The summed E-state index contributed by atoms with van der Waals surface area (Å²) in [5, 5.41) is 11.2. The van der Waals surface area contributed by atoms with Crippen LogP contribution in [0.3, 0.4) is 0 Å². The number of halogens is 2. The molecule has 3 saturated heterocycles. The van der Waals surface area contributed by atoms with Crippen molar-refractivity contribution < 1.29 is 28.7 Å². The number of para-hydroxylation sites is 1. The SMILES string of the molecule is Cc1cccc(C2C3=CCC4C(=O)N(C5CCN(Cc6ccccc6)CC5)C(=O)C4C3CC3C(=O)N(c4ccc(F)c(Cl)c4)C(=O)C32C)c1O. The van der Waals surface area contributed by atoms with Crippen LogP contribution in [0.5, 0.6) is 5.75 Å². The normalized spacial score (nSPS) is 30.0. The molecule has 0 aromatic heterocycles. The lowest BCUT2D eigenvalue weighted by molar-refractivity contribution is -0.144. The molecule has 1 saturated carbocycles. The molecule has 6 unspecified atom stereocenters. The number of imide groups is 2. The zero-order valence-electron chi connectivity index (χ0n) is 28.0. The van der Waals surface area contributed by atoms with E-state index in [2.05, 4.69) is 17.0 Å². The zero-order valence-corrected chi connectivity index (χ0v) is 28.8. The predicted molar refractivity (Wildman–Crippen MR) is 185 cm³/mol. The van der Waals surface area contributed by atoms with Crippen LogP contribution < -0.4 is 4.90 Å². The van der Waals surface area contributed by atoms with Crippen LogP contribution >= 0.6 is 11.6 Å². The molecule has 4 fully saturated rings. The number of nitrogens with zero attached hydrogens (tertiary/aromatic N) is 3. The van der Waals surface area contributed by atoms with Gasteiger partial charge < -0.3 is 5.11 Å². The van der Waals surface area contributed by atoms with Gasteiger partial charge in [0.2, 0.25) is 23.6 Å². The number of fused-ring (bicyclic) bond motifs is 4. The van der Waals surface area contributed by atoms with Crippen molar-refractivity contribution in [2.24, 2.45) is 29.1 Å². The maximum atomic E-state index is 14.6. The van der Waals surface area contributed by atoms with E-state index >= 15 is 0 Å². The minimum atomic E-state index is -1.32. The first-order chi connectivity index (χ1) is 24.0. The second-order valence-electron chi connectivity index (χ2n) is 14.8. The topological polar surface area (TPSA) is 98.2 Å². The van der Waals surface area contributed by atoms with Crippen LogP contribution in [0, 0.1) is 41.8 Å². The molecular weight excluding hydrogens is 657 g/mol. The van der Waals surface area contributed by atoms with Gasteiger partial charge in [0.1, 0.15) is 11.6 Å². The van der Waals surface area contributed by atoms with E-state index in [-0.39, 0.29) is 40.7 Å². The van der Waals surface area contributed by atoms with Crippen molar-refractivity contribution in [1.29, 1.82) is 0 Å². The number of hydrogen-bond acceptors (Lipinski definition) is 6. The molecule has 3 aromatic rings. The number of hydrogen-bond donors (Lipinski definition) is 1. The third kappa shape index (κ3) is 4.88. The highest BCUT2D eigenvalue weighted by Crippen LogP contribution is 2.64. The Labute approximate surface area is 295 Å². The summed E-state index contributed by atoms with van der Waals surface area (Å²) in [4.78, 5) is 62.6. The van der Waals surface area contributed by atoms with Crippen molar-refractivity contribution in [2.45, 2.75) is 58.0 Å². The molecule has 258 valence electrons. The van der Waals surface area contributed by atoms with E-state index in [9.17, 15) is 28.7 Å². The Morgan fingerprint density at radius 3 is 2.38 bits per heavy atom. The van der Waals surface area contributed by atoms with Crippen LogP contribution in [0.4, 0.5) is 10.1 Å². The molecule has 8 rings (SSSR count). The third-order valence-corrected chi connectivity index (χ3v) is 12.5. The van der Waals surface area contributed by atoms with Crippen LogP contribution in [0.2, 0.25) is 5.02 Å². The highest BCUT2D eigenvalue weighted by molar-refractivity contribution is 6.31. The summed E-state index contributed by atoms with van der Waals surface area (Å²) in [6.07, 6.45) is 3.92. The van der Waals surface area contributed by atoms with Crippen molar-refractivity contribution in [3.8, 4) is 5.75 Å². The van der Waals surface area contributed by atoms with Crippen molar-refractivity contribution in [3.05, 3.63) is 106 Å². The van der Waals surface area contributed by atoms with E-state index in [1.54, 1.807) is 26.0 Å². The molecule has 0 radical (unpaired) electrons. The van der Waals surface area contributed by atoms with Gasteiger partial charge in [-0.25, -0.2) is 9.29 Å². The Hall–Kier alpha value is -4.34. The van der Waals surface area contributed by atoms with E-state index < -0.39 is 52.6 Å². The summed E-state index contributed by atoms with van der Waals surface area (Å²) in [6.45, 7) is 5.90. The van der Waals surface area contributed by atoms with E-state index in [1.165, 1.54) is 22.6 Å². The molecule has 8 nitrogen and oxygen atoms in total. The Bertz CT molecular complexity index is 1960. The number of aryl methyl sites for hydroxylation is 1. The number of anilines is 1. The van der Waals surface area contributed by atoms with E-state index in [0.29, 0.717) is 30.4 Å². The quantitative estimate of drug-likeness (QED) is 0.246. The summed E-state index contributed by atoms with van der Waals surface area (Å²) in [6, 6.07) is 19.2. The van der Waals surface area contributed by atoms with E-state index in [1.807, 2.05) is 30.3 Å². The lowest BCUT2D eigenvalue weighted by Crippen LogP contribution is -2.49. The first-order valence-electron chi connectivity index (χ1n) is 17.5. The molecule has 3 heterocycles. The average Bonchev–Trinajstić information content (AvgIpc) is 3.48. The number of aromatic hydroxyl groups is 1. The van der Waals surface area contributed by atoms with Crippen LogP contribution in [0.25, 0.3) is 0 Å². The van der Waals surface area contributed by atoms with Gasteiger partial charge in [-0.2, -0.15) is 0 Å². The van der Waals surface area contributed by atoms with Gasteiger partial charge in [-0.3, -0.25) is 29.0 Å². The van der Waals surface area contributed by atoms with Crippen LogP contribution in [0.15, 0.2) is 78.4 Å². The fourth-order valence-corrected chi connectivity index (χ4v) is 9.88. The Morgan fingerprint density at radius 1 is 0.920 bits per heavy atom. The predicted octanol–water partition coefficient (Wildman–Crippen LogP) is 6.39. The summed E-state index contributed by atoms with van der Waals surface area (Å²) in [7, 11) is 0. The van der Waals surface area contributed by atoms with Gasteiger partial charge in [0.25, 0.3) is 0 Å². The Kier molecular flexibility index (Phi) is 7.99. The Morgan fingerprint density at radius 2 is 1.66 bits per heavy atom. The number of amides is 4. The van der Waals surface area contributed by atoms with E-state index in [4.69, 9.17) is 11.6 Å². The van der Waals surface area contributed by atoms with Crippen molar-refractivity contribution in [1.82, 2.24) is 9.80 Å². The molecule has 4 amide bonds. The number of carbonyl (C=O) groups is 4. The number of phenols is 1. The number of piperidine rings is 1. The van der Waals surface area contributed by atoms with Gasteiger partial charge >= 0.3 is 0 Å². The number of carbonyl (C=O) groups excluding carboxylic acids is 4. The summed E-state index contributed by atoms with van der Waals surface area (Å²) in [5.41, 5.74) is 2.01. The first-order valence-corrected chi connectivity index (χ1v) is 17.8. The van der Waals surface area contributed by atoms with Crippen molar-refractivity contribution in [2.75, 3.05) is 18.0 Å². The Balaban J connectivity index is 1.14. The number of phenolic OH excluding ortho intramolecular Hbond substituents is 1. The molecule has 50 heavy (non-hydrogen) atoms. The first kappa shape index (κ1) is 32.8. The number of rotatable bonds is 5. The summed E-state index contributed by atoms with van der Waals surface area (Å²) in [5.74, 6) is -5.21.